The highest BCUT2D eigenvalue weighted by Crippen LogP contribution is 2.45. The van der Waals surface area contributed by atoms with Crippen LogP contribution in [0.3, 0.4) is 0 Å². The van der Waals surface area contributed by atoms with Crippen LogP contribution in [-0.4, -0.2) is 52.1 Å². The van der Waals surface area contributed by atoms with Crippen molar-refractivity contribution in [1.82, 2.24) is 10.0 Å². The average molecular weight is 671 g/mol. The van der Waals surface area contributed by atoms with Crippen LogP contribution in [0.2, 0.25) is 0 Å². The Labute approximate surface area is 266 Å². The summed E-state index contributed by atoms with van der Waals surface area (Å²) in [6.45, 7) is -0.729. The van der Waals surface area contributed by atoms with Gasteiger partial charge >= 0.3 is 0 Å². The van der Waals surface area contributed by atoms with Crippen molar-refractivity contribution < 1.29 is 45.1 Å². The quantitative estimate of drug-likeness (QED) is 0.149. The largest absolute Gasteiger partial charge is 0.271 e. The third kappa shape index (κ3) is 4.93. The van der Waals surface area contributed by atoms with E-state index in [1.54, 1.807) is 12.1 Å². The number of rotatable bonds is 5. The summed E-state index contributed by atoms with van der Waals surface area (Å²) in [7, 11) is 0. The molecule has 0 aromatic heterocycles. The second-order valence-electron chi connectivity index (χ2n) is 11.6. The fourth-order valence-electron chi connectivity index (χ4n) is 6.54. The van der Waals surface area contributed by atoms with E-state index in [4.69, 9.17) is 0 Å². The zero-order valence-corrected chi connectivity index (χ0v) is 24.4. The highest BCUT2D eigenvalue weighted by molar-refractivity contribution is 6.25. The number of hydrogen-bond donors (Lipinski definition) is 0. The topological polar surface area (TPSA) is 98.0 Å². The molecule has 0 radical (unpaired) electrons. The lowest BCUT2D eigenvalue weighted by Crippen LogP contribution is -2.45. The van der Waals surface area contributed by atoms with Crippen LogP contribution in [0.4, 0.5) is 36.4 Å². The molecule has 48 heavy (non-hydrogen) atoms. The lowest BCUT2D eigenvalue weighted by atomic mass is 9.77. The van der Waals surface area contributed by atoms with Crippen LogP contribution < -0.4 is 4.90 Å². The Balaban J connectivity index is 1.20. The van der Waals surface area contributed by atoms with Crippen molar-refractivity contribution in [3.05, 3.63) is 106 Å². The maximum absolute atomic E-state index is 14.6. The number of carbonyl (C=O) groups is 3. The minimum atomic E-state index is -2.47. The van der Waals surface area contributed by atoms with E-state index in [2.05, 4.69) is 15.4 Å². The van der Waals surface area contributed by atoms with E-state index in [9.17, 15) is 45.1 Å². The van der Waals surface area contributed by atoms with E-state index in [0.717, 1.165) is 15.6 Å². The number of halogens is 7. The highest BCUT2D eigenvalue weighted by Gasteiger charge is 2.57. The molecule has 1 saturated carbocycles. The van der Waals surface area contributed by atoms with E-state index in [1.165, 1.54) is 36.4 Å². The Bertz CT molecular complexity index is 1940. The number of hydrogen-bond acceptors (Lipinski definition) is 7. The first-order valence-electron chi connectivity index (χ1n) is 14.7. The van der Waals surface area contributed by atoms with Gasteiger partial charge in [-0.2, -0.15) is 10.2 Å². The number of hydrazone groups is 1. The first kappa shape index (κ1) is 31.2. The second kappa shape index (κ2) is 11.7. The molecule has 4 atom stereocenters. The number of imide groups is 1. The molecule has 2 fully saturated rings. The van der Waals surface area contributed by atoms with Gasteiger partial charge in [0.15, 0.2) is 35.4 Å². The maximum Gasteiger partial charge on any atom is 0.264 e. The van der Waals surface area contributed by atoms with Crippen molar-refractivity contribution in [1.29, 1.82) is 0 Å². The lowest BCUT2D eigenvalue weighted by molar-refractivity contribution is -0.136. The Morgan fingerprint density at radius 3 is 2.04 bits per heavy atom. The molecule has 1 aliphatic carbocycles. The normalized spacial score (nSPS) is 24.1. The number of fused-ring (bicyclic) bond motifs is 2. The van der Waals surface area contributed by atoms with E-state index >= 15 is 0 Å². The molecule has 246 valence electrons. The van der Waals surface area contributed by atoms with Gasteiger partial charge in [-0.1, -0.05) is 29.5 Å². The van der Waals surface area contributed by atoms with Crippen molar-refractivity contribution in [2.75, 3.05) is 11.4 Å². The molecule has 3 aromatic rings. The predicted molar refractivity (Wildman–Crippen MR) is 153 cm³/mol. The van der Waals surface area contributed by atoms with Crippen molar-refractivity contribution in [2.24, 2.45) is 21.4 Å². The summed E-state index contributed by atoms with van der Waals surface area (Å²) >= 11 is 0. The summed E-state index contributed by atoms with van der Waals surface area (Å²) in [6.07, 6.45) is 3.74. The van der Waals surface area contributed by atoms with Crippen LogP contribution in [0.1, 0.15) is 36.4 Å². The van der Waals surface area contributed by atoms with Gasteiger partial charge in [0.2, 0.25) is 5.82 Å². The standard InChI is InChI=1S/C32H21F7N6O3/c33-17-8-4-14(5-9-17)12-16-2-1-3-19-26(16)41-45(28(19)15-6-10-18(34)11-7-15)20(46)13-43-30-27(40-42-43)31(47)44(32(30)48)29-24(38)22(36)21(35)23(37)25(29)39/h4-12,19,27-28,30H,1-3,13H2/b16-12+/t19-,27+,28+,30-/m0/s1. The summed E-state index contributed by atoms with van der Waals surface area (Å²) in [5.41, 5.74) is 0.838. The Kier molecular flexibility index (Phi) is 7.59. The smallest absolute Gasteiger partial charge is 0.264 e. The molecule has 9 nitrogen and oxygen atoms in total. The molecule has 3 heterocycles. The Morgan fingerprint density at radius 1 is 0.792 bits per heavy atom. The first-order chi connectivity index (χ1) is 23.0. The average Bonchev–Trinajstić information content (AvgIpc) is 3.74. The molecule has 0 N–H and O–H groups in total. The number of benzene rings is 3. The van der Waals surface area contributed by atoms with Gasteiger partial charge < -0.3 is 0 Å². The van der Waals surface area contributed by atoms with Crippen LogP contribution in [0, 0.1) is 46.6 Å². The van der Waals surface area contributed by atoms with Crippen LogP contribution in [0.15, 0.2) is 69.5 Å². The second-order valence-corrected chi connectivity index (χ2v) is 11.6. The van der Waals surface area contributed by atoms with E-state index in [-0.39, 0.29) is 10.8 Å². The minimum Gasteiger partial charge on any atom is -0.271 e. The molecule has 0 unspecified atom stereocenters. The highest BCUT2D eigenvalue weighted by atomic mass is 19.2. The summed E-state index contributed by atoms with van der Waals surface area (Å²) in [6, 6.07) is 7.06. The monoisotopic (exact) mass is 670 g/mol. The van der Waals surface area contributed by atoms with E-state index in [1.807, 2.05) is 6.08 Å². The van der Waals surface area contributed by atoms with Gasteiger partial charge in [0.1, 0.15) is 23.9 Å². The molecule has 3 aliphatic heterocycles. The third-order valence-electron chi connectivity index (χ3n) is 8.74. The lowest BCUT2D eigenvalue weighted by Gasteiger charge is -2.30. The van der Waals surface area contributed by atoms with Crippen LogP contribution >= 0.6 is 0 Å². The van der Waals surface area contributed by atoms with E-state index < -0.39 is 88.8 Å². The zero-order chi connectivity index (χ0) is 34.0. The van der Waals surface area contributed by atoms with Crippen LogP contribution in [0.25, 0.3) is 6.08 Å². The van der Waals surface area contributed by atoms with Gasteiger partial charge in [-0.05, 0) is 66.3 Å². The van der Waals surface area contributed by atoms with Gasteiger partial charge in [-0.15, -0.1) is 0 Å². The molecule has 1 saturated heterocycles. The molecular formula is C32H21F7N6O3. The predicted octanol–water partition coefficient (Wildman–Crippen LogP) is 5.78. The van der Waals surface area contributed by atoms with Crippen LogP contribution in [-0.2, 0) is 14.4 Å². The number of anilines is 1. The SMILES string of the molecule is O=C1[C@@H]2[C@@H](N=NN2CC(=O)N2N=C3/C(=C/c4ccc(F)cc4)CCC[C@@H]3[C@H]2c2ccc(F)cc2)C(=O)N1c1c(F)c(F)c(F)c(F)c1F. The molecule has 0 spiro atoms. The molecule has 0 bridgehead atoms. The number of nitrogens with zero attached hydrogens (tertiary/aromatic N) is 6. The fraction of sp³-hybridized carbons (Fsp3) is 0.250. The van der Waals surface area contributed by atoms with Crippen molar-refractivity contribution >= 4 is 35.2 Å². The molecule has 7 rings (SSSR count). The summed E-state index contributed by atoms with van der Waals surface area (Å²) in [4.78, 5) is 40.1. The molecule has 16 heteroatoms. The van der Waals surface area contributed by atoms with Crippen molar-refractivity contribution in [2.45, 2.75) is 37.4 Å². The van der Waals surface area contributed by atoms with Crippen LogP contribution in [0.5, 0.6) is 0 Å². The molecule has 3 amide bonds. The van der Waals surface area contributed by atoms with Crippen molar-refractivity contribution in [3.63, 3.8) is 0 Å². The molecule has 3 aromatic carbocycles. The minimum absolute atomic E-state index is 0.181. The van der Waals surface area contributed by atoms with Gasteiger partial charge in [0.05, 0.1) is 11.8 Å². The van der Waals surface area contributed by atoms with Gasteiger partial charge in [-0.3, -0.25) is 19.4 Å². The zero-order valence-electron chi connectivity index (χ0n) is 24.4. The van der Waals surface area contributed by atoms with E-state index in [0.29, 0.717) is 36.1 Å². The first-order valence-corrected chi connectivity index (χ1v) is 14.7. The number of allylic oxidation sites excluding steroid dienone is 1. The van der Waals surface area contributed by atoms with Crippen molar-refractivity contribution in [3.8, 4) is 0 Å². The summed E-state index contributed by atoms with van der Waals surface area (Å²) in [5.74, 6) is -16.8. The van der Waals surface area contributed by atoms with Gasteiger partial charge in [-0.25, -0.2) is 40.6 Å². The van der Waals surface area contributed by atoms with Gasteiger partial charge in [0, 0.05) is 5.92 Å². The molecule has 4 aliphatic rings. The number of amides is 3. The molecular weight excluding hydrogens is 649 g/mol. The Morgan fingerprint density at radius 2 is 1.40 bits per heavy atom. The summed E-state index contributed by atoms with van der Waals surface area (Å²) < 4.78 is 98.1. The van der Waals surface area contributed by atoms with Gasteiger partial charge in [0.25, 0.3) is 17.7 Å². The Hall–Kier alpha value is -5.41. The maximum atomic E-state index is 14.6. The summed E-state index contributed by atoms with van der Waals surface area (Å²) in [5, 5.41) is 14.0. The third-order valence-corrected chi connectivity index (χ3v) is 8.74. The fourth-order valence-corrected chi connectivity index (χ4v) is 6.54. The number of carbonyl (C=O) groups excluding carboxylic acids is 3.